The molecule has 0 aromatic carbocycles. The lowest BCUT2D eigenvalue weighted by atomic mass is 10.1. The van der Waals surface area contributed by atoms with Gasteiger partial charge in [-0.25, -0.2) is 4.98 Å². The summed E-state index contributed by atoms with van der Waals surface area (Å²) in [5, 5.41) is 17.1. The molecule has 0 atom stereocenters. The lowest BCUT2D eigenvalue weighted by Gasteiger charge is -2.31. The number of nitrogens with zero attached hydrogens (tertiary/aromatic N) is 2. The first-order chi connectivity index (χ1) is 9.15. The number of hydrogen-bond donors (Lipinski definition) is 3. The minimum Gasteiger partial charge on any atom is -0.395 e. The predicted octanol–water partition coefficient (Wildman–Crippen LogP) is 1.42. The third-order valence-corrected chi connectivity index (χ3v) is 3.79. The van der Waals surface area contributed by atoms with Crippen LogP contribution in [0.15, 0.2) is 12.3 Å². The Morgan fingerprint density at radius 3 is 2.79 bits per heavy atom. The molecule has 0 unspecified atom stereocenters. The van der Waals surface area contributed by atoms with Crippen LogP contribution in [0.5, 0.6) is 0 Å². The molecule has 1 saturated carbocycles. The van der Waals surface area contributed by atoms with Crippen molar-refractivity contribution in [2.75, 3.05) is 18.1 Å². The Labute approximate surface area is 114 Å². The number of pyridine rings is 1. The standard InChI is InChI=1S/C14H22N4O/c1-10-6-7-17-14(12(10)13(15)16)18(8-9-19)11-4-2-3-5-11/h6-7,11,19H,2-5,8-9H2,1H3,(H3,15,16). The number of amidine groups is 1. The molecule has 1 aromatic heterocycles. The first kappa shape index (κ1) is 13.8. The van der Waals surface area contributed by atoms with E-state index < -0.39 is 0 Å². The summed E-state index contributed by atoms with van der Waals surface area (Å²) in [6, 6.07) is 2.27. The van der Waals surface area contributed by atoms with E-state index in [1.807, 2.05) is 13.0 Å². The van der Waals surface area contributed by atoms with E-state index in [0.29, 0.717) is 18.2 Å². The second-order valence-electron chi connectivity index (χ2n) is 5.10. The summed E-state index contributed by atoms with van der Waals surface area (Å²) >= 11 is 0. The van der Waals surface area contributed by atoms with Crippen molar-refractivity contribution in [2.24, 2.45) is 5.73 Å². The van der Waals surface area contributed by atoms with Crippen LogP contribution < -0.4 is 10.6 Å². The van der Waals surface area contributed by atoms with Crippen LogP contribution in [0.25, 0.3) is 0 Å². The van der Waals surface area contributed by atoms with Crippen molar-refractivity contribution in [1.82, 2.24) is 4.98 Å². The van der Waals surface area contributed by atoms with Gasteiger partial charge in [0.05, 0.1) is 12.2 Å². The van der Waals surface area contributed by atoms with Gasteiger partial charge < -0.3 is 15.7 Å². The number of nitrogen functional groups attached to an aromatic ring is 1. The number of aliphatic hydroxyl groups is 1. The van der Waals surface area contributed by atoms with Gasteiger partial charge in [-0.05, 0) is 31.4 Å². The molecule has 4 N–H and O–H groups in total. The maximum Gasteiger partial charge on any atom is 0.140 e. The first-order valence-corrected chi connectivity index (χ1v) is 6.82. The summed E-state index contributed by atoms with van der Waals surface area (Å²) in [4.78, 5) is 6.54. The van der Waals surface area contributed by atoms with Crippen LogP contribution in [0.4, 0.5) is 5.82 Å². The number of nitrogens with one attached hydrogen (secondary N) is 1. The highest BCUT2D eigenvalue weighted by atomic mass is 16.3. The Hall–Kier alpha value is -1.62. The van der Waals surface area contributed by atoms with Crippen molar-refractivity contribution in [3.63, 3.8) is 0 Å². The van der Waals surface area contributed by atoms with Crippen molar-refractivity contribution in [3.8, 4) is 0 Å². The van der Waals surface area contributed by atoms with Gasteiger partial charge in [-0.2, -0.15) is 0 Å². The van der Waals surface area contributed by atoms with E-state index in [1.165, 1.54) is 12.8 Å². The van der Waals surface area contributed by atoms with Gasteiger partial charge in [0.25, 0.3) is 0 Å². The average molecular weight is 262 g/mol. The van der Waals surface area contributed by atoms with Crippen LogP contribution in [0.3, 0.4) is 0 Å². The van der Waals surface area contributed by atoms with E-state index in [1.54, 1.807) is 6.20 Å². The molecule has 0 saturated heterocycles. The molecular formula is C14H22N4O. The van der Waals surface area contributed by atoms with Crippen molar-refractivity contribution in [3.05, 3.63) is 23.4 Å². The number of hydrogen-bond acceptors (Lipinski definition) is 4. The summed E-state index contributed by atoms with van der Waals surface area (Å²) in [7, 11) is 0. The number of nitrogens with two attached hydrogens (primary N) is 1. The molecule has 0 bridgehead atoms. The molecule has 0 spiro atoms. The Bertz CT molecular complexity index is 455. The first-order valence-electron chi connectivity index (χ1n) is 6.82. The number of aliphatic hydroxyl groups excluding tert-OH is 1. The fraction of sp³-hybridized carbons (Fsp3) is 0.571. The minimum atomic E-state index is 0.0431. The van der Waals surface area contributed by atoms with E-state index in [9.17, 15) is 5.11 Å². The maximum atomic E-state index is 9.30. The van der Waals surface area contributed by atoms with Gasteiger partial charge in [0.15, 0.2) is 0 Å². The molecule has 1 aliphatic rings. The highest BCUT2D eigenvalue weighted by Crippen LogP contribution is 2.29. The summed E-state index contributed by atoms with van der Waals surface area (Å²) in [5.74, 6) is 0.787. The molecule has 19 heavy (non-hydrogen) atoms. The Morgan fingerprint density at radius 1 is 1.53 bits per heavy atom. The van der Waals surface area contributed by atoms with Crippen LogP contribution in [-0.4, -0.2) is 35.1 Å². The van der Waals surface area contributed by atoms with Gasteiger partial charge in [0, 0.05) is 18.8 Å². The molecule has 5 nitrogen and oxygen atoms in total. The van der Waals surface area contributed by atoms with Crippen molar-refractivity contribution in [2.45, 2.75) is 38.6 Å². The van der Waals surface area contributed by atoms with Crippen LogP contribution in [0, 0.1) is 12.3 Å². The molecule has 1 aromatic rings. The van der Waals surface area contributed by atoms with Gasteiger partial charge in [0.2, 0.25) is 0 Å². The highest BCUT2D eigenvalue weighted by molar-refractivity contribution is 6.01. The lowest BCUT2D eigenvalue weighted by Crippen LogP contribution is -2.38. The minimum absolute atomic E-state index is 0.0431. The molecule has 104 valence electrons. The van der Waals surface area contributed by atoms with E-state index in [4.69, 9.17) is 11.1 Å². The normalized spacial score (nSPS) is 15.7. The van der Waals surface area contributed by atoms with E-state index in [2.05, 4.69) is 9.88 Å². The molecule has 1 aliphatic carbocycles. The van der Waals surface area contributed by atoms with Crippen LogP contribution >= 0.6 is 0 Å². The fourth-order valence-corrected chi connectivity index (χ4v) is 2.88. The summed E-state index contributed by atoms with van der Waals surface area (Å²) < 4.78 is 0. The Kier molecular flexibility index (Phi) is 4.37. The molecule has 0 amide bonds. The molecule has 0 aliphatic heterocycles. The van der Waals surface area contributed by atoms with E-state index in [0.717, 1.165) is 24.2 Å². The predicted molar refractivity (Wildman–Crippen MR) is 76.7 cm³/mol. The lowest BCUT2D eigenvalue weighted by molar-refractivity contribution is 0.297. The second kappa shape index (κ2) is 6.02. The topological polar surface area (TPSA) is 86.2 Å². The number of aromatic nitrogens is 1. The second-order valence-corrected chi connectivity index (χ2v) is 5.10. The van der Waals surface area contributed by atoms with Crippen molar-refractivity contribution < 1.29 is 5.11 Å². The third-order valence-electron chi connectivity index (χ3n) is 3.79. The number of anilines is 1. The SMILES string of the molecule is Cc1ccnc(N(CCO)C2CCCC2)c1C(=N)N. The average Bonchev–Trinajstić information content (AvgIpc) is 2.88. The smallest absolute Gasteiger partial charge is 0.140 e. The summed E-state index contributed by atoms with van der Waals surface area (Å²) in [5.41, 5.74) is 7.36. The van der Waals surface area contributed by atoms with Gasteiger partial charge in [-0.15, -0.1) is 0 Å². The summed E-state index contributed by atoms with van der Waals surface area (Å²) in [6.45, 7) is 2.57. The third kappa shape index (κ3) is 2.87. The molecule has 2 rings (SSSR count). The van der Waals surface area contributed by atoms with Crippen LogP contribution in [-0.2, 0) is 0 Å². The quantitative estimate of drug-likeness (QED) is 0.553. The van der Waals surface area contributed by atoms with Crippen molar-refractivity contribution >= 4 is 11.7 Å². The molecule has 1 fully saturated rings. The van der Waals surface area contributed by atoms with Crippen LogP contribution in [0.1, 0.15) is 36.8 Å². The Balaban J connectivity index is 2.40. The molecule has 1 heterocycles. The fourth-order valence-electron chi connectivity index (χ4n) is 2.88. The largest absolute Gasteiger partial charge is 0.395 e. The van der Waals surface area contributed by atoms with Gasteiger partial charge in [-0.1, -0.05) is 12.8 Å². The van der Waals surface area contributed by atoms with Gasteiger partial charge >= 0.3 is 0 Å². The molecule has 5 heteroatoms. The van der Waals surface area contributed by atoms with Gasteiger partial charge in [0.1, 0.15) is 11.7 Å². The van der Waals surface area contributed by atoms with Crippen molar-refractivity contribution in [1.29, 1.82) is 5.41 Å². The highest BCUT2D eigenvalue weighted by Gasteiger charge is 2.26. The zero-order valence-corrected chi connectivity index (χ0v) is 11.4. The van der Waals surface area contributed by atoms with Crippen LogP contribution in [0.2, 0.25) is 0 Å². The van der Waals surface area contributed by atoms with E-state index in [-0.39, 0.29) is 12.4 Å². The molecule has 0 radical (unpaired) electrons. The monoisotopic (exact) mass is 262 g/mol. The number of rotatable bonds is 5. The van der Waals surface area contributed by atoms with Gasteiger partial charge in [-0.3, -0.25) is 5.41 Å². The zero-order chi connectivity index (χ0) is 13.8. The number of aryl methyl sites for hydroxylation is 1. The maximum absolute atomic E-state index is 9.30. The summed E-state index contributed by atoms with van der Waals surface area (Å²) in [6.07, 6.45) is 6.41. The van der Waals surface area contributed by atoms with E-state index >= 15 is 0 Å². The Morgan fingerprint density at radius 2 is 2.21 bits per heavy atom. The molecular weight excluding hydrogens is 240 g/mol. The zero-order valence-electron chi connectivity index (χ0n) is 11.4.